The maximum atomic E-state index is 12.3. The fraction of sp³-hybridized carbons (Fsp3) is 0.263. The van der Waals surface area contributed by atoms with Crippen molar-refractivity contribution in [3.8, 4) is 11.5 Å². The Morgan fingerprint density at radius 1 is 1.22 bits per heavy atom. The van der Waals surface area contributed by atoms with Crippen LogP contribution in [0.3, 0.4) is 0 Å². The van der Waals surface area contributed by atoms with Crippen LogP contribution in [0, 0.1) is 0 Å². The van der Waals surface area contributed by atoms with Crippen molar-refractivity contribution in [1.29, 1.82) is 0 Å². The van der Waals surface area contributed by atoms with Gasteiger partial charge >= 0.3 is 0 Å². The van der Waals surface area contributed by atoms with E-state index in [9.17, 15) is 4.79 Å². The molecule has 1 heterocycles. The van der Waals surface area contributed by atoms with Gasteiger partial charge in [0.15, 0.2) is 11.4 Å². The summed E-state index contributed by atoms with van der Waals surface area (Å²) in [6.45, 7) is 2.64. The monoisotopic (exact) mass is 424 g/mol. The summed E-state index contributed by atoms with van der Waals surface area (Å²) in [5.41, 5.74) is 1.02. The number of nitrogens with zero attached hydrogens (tertiary/aromatic N) is 2. The number of fused-ring (bicyclic) bond motifs is 1. The van der Waals surface area contributed by atoms with Gasteiger partial charge in [-0.15, -0.1) is 0 Å². The summed E-state index contributed by atoms with van der Waals surface area (Å²) in [7, 11) is 1.63. The van der Waals surface area contributed by atoms with Crippen LogP contribution in [0.1, 0.15) is 13.3 Å². The van der Waals surface area contributed by atoms with E-state index in [0.29, 0.717) is 20.6 Å². The number of amides is 1. The zero-order chi connectivity index (χ0) is 19.4. The van der Waals surface area contributed by atoms with E-state index in [-0.39, 0.29) is 12.5 Å². The van der Waals surface area contributed by atoms with Crippen molar-refractivity contribution >= 4 is 50.7 Å². The smallest absolute Gasteiger partial charge is 0.286 e. The van der Waals surface area contributed by atoms with Gasteiger partial charge in [-0.1, -0.05) is 41.5 Å². The topological polar surface area (TPSA) is 52.8 Å². The molecule has 5 nitrogen and oxygen atoms in total. The molecule has 8 heteroatoms. The van der Waals surface area contributed by atoms with Crippen LogP contribution < -0.4 is 14.3 Å². The molecule has 1 amide bonds. The van der Waals surface area contributed by atoms with Crippen LogP contribution in [0.5, 0.6) is 11.5 Å². The summed E-state index contributed by atoms with van der Waals surface area (Å²) in [6, 6.07) is 10.7. The molecule has 0 radical (unpaired) electrons. The van der Waals surface area contributed by atoms with Gasteiger partial charge in [-0.25, -0.2) is 0 Å². The highest BCUT2D eigenvalue weighted by Crippen LogP contribution is 2.27. The Balaban J connectivity index is 1.87. The molecular formula is C19H18Cl2N2O3S. The molecule has 0 aliphatic heterocycles. The molecule has 0 spiro atoms. The van der Waals surface area contributed by atoms with Gasteiger partial charge in [-0.2, -0.15) is 4.99 Å². The number of halogens is 2. The van der Waals surface area contributed by atoms with Crippen molar-refractivity contribution in [2.75, 3.05) is 13.7 Å². The van der Waals surface area contributed by atoms with E-state index in [1.165, 1.54) is 11.3 Å². The third kappa shape index (κ3) is 4.64. The Morgan fingerprint density at radius 3 is 2.74 bits per heavy atom. The van der Waals surface area contributed by atoms with Gasteiger partial charge in [-0.3, -0.25) is 4.79 Å². The average molecular weight is 425 g/mol. The Kier molecular flexibility index (Phi) is 6.42. The lowest BCUT2D eigenvalue weighted by molar-refractivity contribution is -0.120. The predicted octanol–water partition coefficient (Wildman–Crippen LogP) is 4.93. The maximum absolute atomic E-state index is 12.3. The number of rotatable bonds is 6. The lowest BCUT2D eigenvalue weighted by atomic mass is 10.3. The Morgan fingerprint density at radius 2 is 2.04 bits per heavy atom. The molecule has 0 N–H and O–H groups in total. The molecule has 0 saturated heterocycles. The van der Waals surface area contributed by atoms with Gasteiger partial charge in [0.2, 0.25) is 0 Å². The van der Waals surface area contributed by atoms with E-state index in [4.69, 9.17) is 32.7 Å². The lowest BCUT2D eigenvalue weighted by Gasteiger charge is -2.06. The maximum Gasteiger partial charge on any atom is 0.286 e. The molecule has 3 rings (SSSR count). The van der Waals surface area contributed by atoms with E-state index in [0.717, 1.165) is 28.9 Å². The van der Waals surface area contributed by atoms with Crippen LogP contribution in [0.25, 0.3) is 10.2 Å². The SMILES string of the molecule is CCCn1c(=NC(=O)COc2ccc(Cl)cc2Cl)sc2cc(OC)ccc21. The molecule has 0 saturated carbocycles. The van der Waals surface area contributed by atoms with Crippen LogP contribution in [-0.2, 0) is 11.3 Å². The molecule has 2 aromatic carbocycles. The second-order valence-corrected chi connectivity index (χ2v) is 7.59. The molecule has 0 atom stereocenters. The first-order valence-electron chi connectivity index (χ1n) is 8.34. The summed E-state index contributed by atoms with van der Waals surface area (Å²) in [6.07, 6.45) is 0.927. The van der Waals surface area contributed by atoms with Gasteiger partial charge in [0.05, 0.1) is 22.3 Å². The fourth-order valence-electron chi connectivity index (χ4n) is 2.58. The highest BCUT2D eigenvalue weighted by molar-refractivity contribution is 7.16. The number of methoxy groups -OCH3 is 1. The molecule has 27 heavy (non-hydrogen) atoms. The number of aryl methyl sites for hydroxylation is 1. The second kappa shape index (κ2) is 8.78. The van der Waals surface area contributed by atoms with E-state index in [2.05, 4.69) is 11.9 Å². The molecule has 0 unspecified atom stereocenters. The predicted molar refractivity (Wildman–Crippen MR) is 109 cm³/mol. The van der Waals surface area contributed by atoms with Gasteiger partial charge in [0, 0.05) is 11.6 Å². The third-order valence-corrected chi connectivity index (χ3v) is 5.37. The van der Waals surface area contributed by atoms with Crippen LogP contribution in [0.2, 0.25) is 10.0 Å². The minimum absolute atomic E-state index is 0.203. The molecule has 0 bridgehead atoms. The van der Waals surface area contributed by atoms with Crippen molar-refractivity contribution in [2.24, 2.45) is 4.99 Å². The third-order valence-electron chi connectivity index (χ3n) is 3.80. The summed E-state index contributed by atoms with van der Waals surface area (Å²) >= 11 is 13.4. The zero-order valence-electron chi connectivity index (χ0n) is 14.9. The number of aromatic nitrogens is 1. The highest BCUT2D eigenvalue weighted by atomic mass is 35.5. The molecule has 0 fully saturated rings. The lowest BCUT2D eigenvalue weighted by Crippen LogP contribution is -2.19. The summed E-state index contributed by atoms with van der Waals surface area (Å²) in [5.74, 6) is 0.780. The standard InChI is InChI=1S/C19H18Cl2N2O3S/c1-3-8-23-15-6-5-13(25-2)10-17(15)27-19(23)22-18(24)11-26-16-7-4-12(20)9-14(16)21/h4-7,9-10H,3,8,11H2,1-2H3. The number of hydrogen-bond acceptors (Lipinski definition) is 4. The Bertz CT molecular complexity index is 1040. The minimum atomic E-state index is -0.385. The summed E-state index contributed by atoms with van der Waals surface area (Å²) in [4.78, 5) is 17.2. The summed E-state index contributed by atoms with van der Waals surface area (Å²) < 4.78 is 13.8. The van der Waals surface area contributed by atoms with Crippen molar-refractivity contribution in [3.05, 3.63) is 51.2 Å². The second-order valence-electron chi connectivity index (χ2n) is 5.74. The van der Waals surface area contributed by atoms with Crippen molar-refractivity contribution in [3.63, 3.8) is 0 Å². The van der Waals surface area contributed by atoms with Gasteiger partial charge < -0.3 is 14.0 Å². The fourth-order valence-corrected chi connectivity index (χ4v) is 4.14. The van der Waals surface area contributed by atoms with Crippen molar-refractivity contribution in [1.82, 2.24) is 4.57 Å². The van der Waals surface area contributed by atoms with E-state index in [1.807, 2.05) is 22.8 Å². The number of carbonyl (C=O) groups is 1. The normalized spacial score (nSPS) is 11.8. The first kappa shape index (κ1) is 19.7. The first-order chi connectivity index (χ1) is 13.0. The van der Waals surface area contributed by atoms with Gasteiger partial charge in [0.1, 0.15) is 11.5 Å². The number of thiazole rings is 1. The average Bonchev–Trinajstić information content (AvgIpc) is 2.97. The van der Waals surface area contributed by atoms with Gasteiger partial charge in [-0.05, 0) is 42.8 Å². The van der Waals surface area contributed by atoms with E-state index in [1.54, 1.807) is 25.3 Å². The molecule has 3 aromatic rings. The Labute approximate surface area is 170 Å². The van der Waals surface area contributed by atoms with E-state index < -0.39 is 0 Å². The van der Waals surface area contributed by atoms with Crippen molar-refractivity contribution in [2.45, 2.75) is 19.9 Å². The molecule has 1 aromatic heterocycles. The van der Waals surface area contributed by atoms with Crippen LogP contribution in [0.15, 0.2) is 41.4 Å². The first-order valence-corrected chi connectivity index (χ1v) is 9.92. The van der Waals surface area contributed by atoms with Gasteiger partial charge in [0.25, 0.3) is 5.91 Å². The van der Waals surface area contributed by atoms with Crippen LogP contribution in [0.4, 0.5) is 0 Å². The van der Waals surface area contributed by atoms with Crippen molar-refractivity contribution < 1.29 is 14.3 Å². The molecule has 0 aliphatic rings. The number of ether oxygens (including phenoxy) is 2. The van der Waals surface area contributed by atoms with Crippen LogP contribution in [-0.4, -0.2) is 24.2 Å². The van der Waals surface area contributed by atoms with Crippen LogP contribution >= 0.6 is 34.5 Å². The highest BCUT2D eigenvalue weighted by Gasteiger charge is 2.10. The van der Waals surface area contributed by atoms with E-state index >= 15 is 0 Å². The summed E-state index contributed by atoms with van der Waals surface area (Å²) in [5, 5.41) is 0.856. The number of benzene rings is 2. The molecule has 0 aliphatic carbocycles. The number of hydrogen-bond donors (Lipinski definition) is 0. The molecular weight excluding hydrogens is 407 g/mol. The molecule has 142 valence electrons. The number of carbonyl (C=O) groups excluding carboxylic acids is 1. The Hall–Kier alpha value is -2.02. The largest absolute Gasteiger partial charge is 0.497 e. The zero-order valence-corrected chi connectivity index (χ0v) is 17.2. The minimum Gasteiger partial charge on any atom is -0.497 e. The quantitative estimate of drug-likeness (QED) is 0.563.